The molecule has 0 spiro atoms. The van der Waals surface area contributed by atoms with E-state index in [0.29, 0.717) is 5.54 Å². The molecule has 1 aliphatic carbocycles. The molecule has 1 saturated heterocycles. The first-order valence-electron chi connectivity index (χ1n) is 6.65. The zero-order valence-corrected chi connectivity index (χ0v) is 10.5. The Labute approximate surface area is 99.8 Å². The number of nitrogens with one attached hydrogen (secondary N) is 1. The Morgan fingerprint density at radius 1 is 1.44 bits per heavy atom. The number of hydrogen-bond donors (Lipinski definition) is 1. The summed E-state index contributed by atoms with van der Waals surface area (Å²) in [5, 5.41) is 3.71. The standard InChI is InChI=1S/C14H24N2/c1-3-4-5-6-10-16-11-9-15-14(2,12-16)13-7-8-13/h1,13,15H,4-12H2,2H3. The molecule has 0 aromatic rings. The fourth-order valence-corrected chi connectivity index (χ4v) is 2.85. The Bertz CT molecular complexity index is 264. The molecule has 0 radical (unpaired) electrons. The van der Waals surface area contributed by atoms with Crippen molar-refractivity contribution in [2.45, 2.75) is 44.6 Å². The smallest absolute Gasteiger partial charge is 0.0309 e. The van der Waals surface area contributed by atoms with Crippen LogP contribution in [-0.4, -0.2) is 36.6 Å². The summed E-state index contributed by atoms with van der Waals surface area (Å²) in [5.74, 6) is 3.65. The largest absolute Gasteiger partial charge is 0.309 e. The SMILES string of the molecule is C#CCCCCN1CCNC(C)(C2CC2)C1. The van der Waals surface area contributed by atoms with Crippen LogP contribution in [0, 0.1) is 18.3 Å². The van der Waals surface area contributed by atoms with Crippen LogP contribution in [0.15, 0.2) is 0 Å². The Morgan fingerprint density at radius 2 is 2.25 bits per heavy atom. The fraction of sp³-hybridized carbons (Fsp3) is 0.857. The summed E-state index contributed by atoms with van der Waals surface area (Å²) in [5.41, 5.74) is 0.393. The lowest BCUT2D eigenvalue weighted by Crippen LogP contribution is -2.60. The minimum Gasteiger partial charge on any atom is -0.309 e. The highest BCUT2D eigenvalue weighted by molar-refractivity contribution is 5.01. The summed E-state index contributed by atoms with van der Waals surface area (Å²) >= 11 is 0. The number of nitrogens with zero attached hydrogens (tertiary/aromatic N) is 1. The van der Waals surface area contributed by atoms with Gasteiger partial charge >= 0.3 is 0 Å². The van der Waals surface area contributed by atoms with Crippen molar-refractivity contribution in [1.29, 1.82) is 0 Å². The lowest BCUT2D eigenvalue weighted by molar-refractivity contribution is 0.125. The molecule has 2 aliphatic rings. The number of piperazine rings is 1. The van der Waals surface area contributed by atoms with E-state index >= 15 is 0 Å². The first-order chi connectivity index (χ1) is 7.74. The van der Waals surface area contributed by atoms with Gasteiger partial charge in [0.15, 0.2) is 0 Å². The van der Waals surface area contributed by atoms with Gasteiger partial charge in [0.05, 0.1) is 0 Å². The van der Waals surface area contributed by atoms with Crippen LogP contribution in [0.4, 0.5) is 0 Å². The number of terminal acetylenes is 1. The van der Waals surface area contributed by atoms with Crippen molar-refractivity contribution in [1.82, 2.24) is 10.2 Å². The van der Waals surface area contributed by atoms with Crippen molar-refractivity contribution in [3.8, 4) is 12.3 Å². The quantitative estimate of drug-likeness (QED) is 0.562. The zero-order chi connectivity index (χ0) is 11.4. The average Bonchev–Trinajstić information content (AvgIpc) is 3.09. The number of hydrogen-bond acceptors (Lipinski definition) is 2. The predicted molar refractivity (Wildman–Crippen MR) is 68.3 cm³/mol. The first-order valence-corrected chi connectivity index (χ1v) is 6.65. The second-order valence-electron chi connectivity index (χ2n) is 5.56. The predicted octanol–water partition coefficient (Wildman–Crippen LogP) is 1.86. The van der Waals surface area contributed by atoms with Gasteiger partial charge in [0.1, 0.15) is 0 Å². The molecule has 0 bridgehead atoms. The van der Waals surface area contributed by atoms with E-state index in [-0.39, 0.29) is 0 Å². The second kappa shape index (κ2) is 5.21. The van der Waals surface area contributed by atoms with Gasteiger partial charge in [-0.1, -0.05) is 0 Å². The third-order valence-electron chi connectivity index (χ3n) is 4.03. The van der Waals surface area contributed by atoms with E-state index in [0.717, 1.165) is 18.9 Å². The van der Waals surface area contributed by atoms with Crippen LogP contribution in [0.1, 0.15) is 39.0 Å². The molecule has 1 N–H and O–H groups in total. The molecule has 1 atom stereocenters. The molecule has 2 fully saturated rings. The number of rotatable bonds is 5. The molecule has 1 unspecified atom stereocenters. The van der Waals surface area contributed by atoms with E-state index in [1.54, 1.807) is 0 Å². The minimum atomic E-state index is 0.393. The van der Waals surface area contributed by atoms with Gasteiger partial charge in [0.25, 0.3) is 0 Å². The summed E-state index contributed by atoms with van der Waals surface area (Å²) in [4.78, 5) is 2.62. The lowest BCUT2D eigenvalue weighted by Gasteiger charge is -2.42. The molecule has 16 heavy (non-hydrogen) atoms. The lowest BCUT2D eigenvalue weighted by atomic mass is 9.93. The van der Waals surface area contributed by atoms with Crippen LogP contribution in [0.2, 0.25) is 0 Å². The van der Waals surface area contributed by atoms with Gasteiger partial charge in [-0.15, -0.1) is 12.3 Å². The third kappa shape index (κ3) is 2.99. The van der Waals surface area contributed by atoms with E-state index < -0.39 is 0 Å². The maximum absolute atomic E-state index is 5.27. The van der Waals surface area contributed by atoms with Gasteiger partial charge in [-0.3, -0.25) is 0 Å². The van der Waals surface area contributed by atoms with E-state index in [1.807, 2.05) is 0 Å². The van der Waals surface area contributed by atoms with Crippen molar-refractivity contribution in [3.05, 3.63) is 0 Å². The van der Waals surface area contributed by atoms with Crippen LogP contribution in [0.5, 0.6) is 0 Å². The molecule has 0 amide bonds. The Morgan fingerprint density at radius 3 is 2.94 bits per heavy atom. The van der Waals surface area contributed by atoms with E-state index in [4.69, 9.17) is 6.42 Å². The van der Waals surface area contributed by atoms with Crippen LogP contribution in [0.3, 0.4) is 0 Å². The molecule has 2 nitrogen and oxygen atoms in total. The van der Waals surface area contributed by atoms with E-state index in [2.05, 4.69) is 23.1 Å². The molecule has 1 heterocycles. The van der Waals surface area contributed by atoms with Crippen molar-refractivity contribution in [3.63, 3.8) is 0 Å². The normalized spacial score (nSPS) is 31.2. The molecular formula is C14H24N2. The summed E-state index contributed by atoms with van der Waals surface area (Å²) in [6.07, 6.45) is 11.5. The molecular weight excluding hydrogens is 196 g/mol. The molecule has 90 valence electrons. The molecule has 0 aromatic heterocycles. The highest BCUT2D eigenvalue weighted by atomic mass is 15.2. The molecule has 2 heteroatoms. The second-order valence-corrected chi connectivity index (χ2v) is 5.56. The van der Waals surface area contributed by atoms with Crippen LogP contribution >= 0.6 is 0 Å². The maximum atomic E-state index is 5.27. The van der Waals surface area contributed by atoms with Crippen LogP contribution in [-0.2, 0) is 0 Å². The summed E-state index contributed by atoms with van der Waals surface area (Å²) < 4.78 is 0. The topological polar surface area (TPSA) is 15.3 Å². The molecule has 2 rings (SSSR count). The maximum Gasteiger partial charge on any atom is 0.0309 e. The first kappa shape index (κ1) is 12.0. The fourth-order valence-electron chi connectivity index (χ4n) is 2.85. The highest BCUT2D eigenvalue weighted by Gasteiger charge is 2.43. The Kier molecular flexibility index (Phi) is 3.89. The van der Waals surface area contributed by atoms with Crippen LogP contribution in [0.25, 0.3) is 0 Å². The number of unbranched alkanes of at least 4 members (excludes halogenated alkanes) is 2. The Hall–Kier alpha value is -0.520. The monoisotopic (exact) mass is 220 g/mol. The summed E-state index contributed by atoms with van der Waals surface area (Å²) in [6, 6.07) is 0. The van der Waals surface area contributed by atoms with Gasteiger partial charge < -0.3 is 10.2 Å². The highest BCUT2D eigenvalue weighted by Crippen LogP contribution is 2.40. The van der Waals surface area contributed by atoms with Gasteiger partial charge in [0.2, 0.25) is 0 Å². The summed E-state index contributed by atoms with van der Waals surface area (Å²) in [7, 11) is 0. The third-order valence-corrected chi connectivity index (χ3v) is 4.03. The Balaban J connectivity index is 1.72. The van der Waals surface area contributed by atoms with Gasteiger partial charge in [0, 0.05) is 31.6 Å². The van der Waals surface area contributed by atoms with Crippen molar-refractivity contribution < 1.29 is 0 Å². The average molecular weight is 220 g/mol. The van der Waals surface area contributed by atoms with Gasteiger partial charge in [-0.2, -0.15) is 0 Å². The van der Waals surface area contributed by atoms with Crippen molar-refractivity contribution >= 4 is 0 Å². The molecule has 0 aromatic carbocycles. The zero-order valence-electron chi connectivity index (χ0n) is 10.5. The van der Waals surface area contributed by atoms with Gasteiger partial charge in [-0.05, 0) is 45.1 Å². The van der Waals surface area contributed by atoms with Crippen molar-refractivity contribution in [2.75, 3.05) is 26.2 Å². The minimum absolute atomic E-state index is 0.393. The van der Waals surface area contributed by atoms with E-state index in [1.165, 1.54) is 45.3 Å². The molecule has 1 aliphatic heterocycles. The summed E-state index contributed by atoms with van der Waals surface area (Å²) in [6.45, 7) is 7.22. The molecule has 1 saturated carbocycles. The van der Waals surface area contributed by atoms with Crippen LogP contribution < -0.4 is 5.32 Å². The van der Waals surface area contributed by atoms with E-state index in [9.17, 15) is 0 Å². The van der Waals surface area contributed by atoms with Gasteiger partial charge in [-0.25, -0.2) is 0 Å². The van der Waals surface area contributed by atoms with Crippen molar-refractivity contribution in [2.24, 2.45) is 5.92 Å².